The van der Waals surface area contributed by atoms with Crippen LogP contribution < -0.4 is 4.74 Å². The molecule has 0 atom stereocenters. The highest BCUT2D eigenvalue weighted by atomic mass is 32.2. The molecule has 0 spiro atoms. The Morgan fingerprint density at radius 3 is 2.66 bits per heavy atom. The summed E-state index contributed by atoms with van der Waals surface area (Å²) < 4.78 is 7.40. The van der Waals surface area contributed by atoms with E-state index in [-0.39, 0.29) is 5.78 Å². The minimum absolute atomic E-state index is 0.0251. The van der Waals surface area contributed by atoms with Gasteiger partial charge in [0.25, 0.3) is 0 Å². The number of thioether (sulfide) groups is 1. The molecular weight excluding hydrogens is 382 g/mol. The molecule has 0 radical (unpaired) electrons. The van der Waals surface area contributed by atoms with Crippen LogP contribution in [0.1, 0.15) is 23.0 Å². The summed E-state index contributed by atoms with van der Waals surface area (Å²) in [7, 11) is 0. The van der Waals surface area contributed by atoms with Crippen molar-refractivity contribution < 1.29 is 9.53 Å². The number of ether oxygens (including phenoxy) is 1. The van der Waals surface area contributed by atoms with Gasteiger partial charge in [-0.15, -0.1) is 0 Å². The summed E-state index contributed by atoms with van der Waals surface area (Å²) in [5.74, 6) is 0.947. The van der Waals surface area contributed by atoms with Crippen LogP contribution in [-0.2, 0) is 0 Å². The summed E-state index contributed by atoms with van der Waals surface area (Å²) in [6, 6.07) is 19.4. The number of benzene rings is 2. The van der Waals surface area contributed by atoms with Crippen LogP contribution in [0, 0.1) is 6.92 Å². The lowest BCUT2D eigenvalue weighted by molar-refractivity contribution is 0.101. The SMILES string of the molecule is CCOc1ccccc1C(=O)CSc1cc(C)nc2c(-c3ccccc3)cnn12. The van der Waals surface area contributed by atoms with Crippen LogP contribution in [0.15, 0.2) is 71.9 Å². The van der Waals surface area contributed by atoms with E-state index >= 15 is 0 Å². The van der Waals surface area contributed by atoms with E-state index in [1.165, 1.54) is 11.8 Å². The lowest BCUT2D eigenvalue weighted by Crippen LogP contribution is -2.07. The third-order valence-corrected chi connectivity index (χ3v) is 5.48. The second-order valence-electron chi connectivity index (χ2n) is 6.54. The number of nitrogens with zero attached hydrogens (tertiary/aromatic N) is 3. The summed E-state index contributed by atoms with van der Waals surface area (Å²) in [6.45, 7) is 4.39. The molecule has 0 saturated heterocycles. The van der Waals surface area contributed by atoms with Gasteiger partial charge in [0, 0.05) is 11.3 Å². The Morgan fingerprint density at radius 2 is 1.86 bits per heavy atom. The molecule has 0 fully saturated rings. The van der Waals surface area contributed by atoms with Crippen molar-refractivity contribution in [2.75, 3.05) is 12.4 Å². The molecule has 0 aliphatic heterocycles. The predicted molar refractivity (Wildman–Crippen MR) is 116 cm³/mol. The number of aryl methyl sites for hydroxylation is 1. The minimum Gasteiger partial charge on any atom is -0.493 e. The average Bonchev–Trinajstić information content (AvgIpc) is 3.17. The van der Waals surface area contributed by atoms with Crippen molar-refractivity contribution in [1.82, 2.24) is 14.6 Å². The monoisotopic (exact) mass is 403 g/mol. The van der Waals surface area contributed by atoms with Gasteiger partial charge in [0.1, 0.15) is 10.8 Å². The van der Waals surface area contributed by atoms with E-state index in [9.17, 15) is 4.79 Å². The first-order valence-corrected chi connectivity index (χ1v) is 10.4. The second kappa shape index (κ2) is 8.49. The third kappa shape index (κ3) is 4.03. The van der Waals surface area contributed by atoms with E-state index in [0.717, 1.165) is 27.5 Å². The van der Waals surface area contributed by atoms with E-state index in [2.05, 4.69) is 10.1 Å². The first-order valence-electron chi connectivity index (χ1n) is 9.46. The van der Waals surface area contributed by atoms with E-state index < -0.39 is 0 Å². The van der Waals surface area contributed by atoms with Crippen LogP contribution in [0.4, 0.5) is 0 Å². The maximum atomic E-state index is 12.8. The van der Waals surface area contributed by atoms with Gasteiger partial charge in [0.2, 0.25) is 0 Å². The van der Waals surface area contributed by atoms with Crippen molar-refractivity contribution >= 4 is 23.2 Å². The van der Waals surface area contributed by atoms with Crippen molar-refractivity contribution in [2.45, 2.75) is 18.9 Å². The Morgan fingerprint density at radius 1 is 1.10 bits per heavy atom. The van der Waals surface area contributed by atoms with Crippen LogP contribution in [0.2, 0.25) is 0 Å². The van der Waals surface area contributed by atoms with Gasteiger partial charge in [-0.1, -0.05) is 54.2 Å². The van der Waals surface area contributed by atoms with Crippen molar-refractivity contribution in [3.05, 3.63) is 78.1 Å². The van der Waals surface area contributed by atoms with Gasteiger partial charge in [-0.3, -0.25) is 4.79 Å². The fraction of sp³-hybridized carbons (Fsp3) is 0.174. The topological polar surface area (TPSA) is 56.5 Å². The molecule has 0 bridgehead atoms. The maximum absolute atomic E-state index is 12.8. The van der Waals surface area contributed by atoms with Crippen LogP contribution in [0.25, 0.3) is 16.8 Å². The zero-order chi connectivity index (χ0) is 20.2. The van der Waals surface area contributed by atoms with E-state index in [1.807, 2.05) is 85.2 Å². The molecule has 4 rings (SSSR count). The number of aromatic nitrogens is 3. The molecule has 29 heavy (non-hydrogen) atoms. The molecule has 2 aromatic heterocycles. The summed E-state index contributed by atoms with van der Waals surface area (Å²) in [4.78, 5) is 17.5. The van der Waals surface area contributed by atoms with Crippen molar-refractivity contribution in [3.8, 4) is 16.9 Å². The first kappa shape index (κ1) is 19.2. The van der Waals surface area contributed by atoms with Crippen molar-refractivity contribution in [1.29, 1.82) is 0 Å². The Labute approximate surface area is 173 Å². The van der Waals surface area contributed by atoms with Gasteiger partial charge in [0.05, 0.1) is 24.1 Å². The highest BCUT2D eigenvalue weighted by molar-refractivity contribution is 7.99. The number of ketones is 1. The molecule has 0 saturated carbocycles. The maximum Gasteiger partial charge on any atom is 0.176 e. The molecule has 2 aromatic carbocycles. The number of hydrogen-bond acceptors (Lipinski definition) is 5. The van der Waals surface area contributed by atoms with Gasteiger partial charge < -0.3 is 4.74 Å². The third-order valence-electron chi connectivity index (χ3n) is 4.49. The second-order valence-corrected chi connectivity index (χ2v) is 7.53. The standard InChI is InChI=1S/C23H21N3O2S/c1-3-28-21-12-8-7-11-18(21)20(27)15-29-22-13-16(2)25-23-19(14-24-26(22)23)17-9-5-4-6-10-17/h4-14H,3,15H2,1-2H3. The number of carbonyl (C=O) groups is 1. The highest BCUT2D eigenvalue weighted by Gasteiger charge is 2.16. The minimum atomic E-state index is 0.0251. The highest BCUT2D eigenvalue weighted by Crippen LogP contribution is 2.28. The number of rotatable bonds is 7. The Hall–Kier alpha value is -3.12. The van der Waals surface area contributed by atoms with E-state index in [4.69, 9.17) is 4.74 Å². The molecule has 146 valence electrons. The molecule has 6 heteroatoms. The van der Waals surface area contributed by atoms with Gasteiger partial charge >= 0.3 is 0 Å². The lowest BCUT2D eigenvalue weighted by Gasteiger charge is -2.10. The van der Waals surface area contributed by atoms with Gasteiger partial charge in [-0.2, -0.15) is 5.10 Å². The summed E-state index contributed by atoms with van der Waals surface area (Å²) in [5.41, 5.74) is 4.33. The molecule has 4 aromatic rings. The number of fused-ring (bicyclic) bond motifs is 1. The first-order chi connectivity index (χ1) is 14.2. The van der Waals surface area contributed by atoms with Gasteiger partial charge in [0.15, 0.2) is 11.4 Å². The lowest BCUT2D eigenvalue weighted by atomic mass is 10.1. The van der Waals surface area contributed by atoms with Crippen molar-refractivity contribution in [2.24, 2.45) is 0 Å². The summed E-state index contributed by atoms with van der Waals surface area (Å²) >= 11 is 1.46. The average molecular weight is 404 g/mol. The molecule has 0 N–H and O–H groups in total. The number of Topliss-reactive ketones (excluding diaryl/α,β-unsaturated/α-hetero) is 1. The zero-order valence-corrected chi connectivity index (χ0v) is 17.1. The van der Waals surface area contributed by atoms with E-state index in [1.54, 1.807) is 0 Å². The molecule has 0 unspecified atom stereocenters. The Bertz CT molecular complexity index is 1160. The van der Waals surface area contributed by atoms with Gasteiger partial charge in [-0.05, 0) is 37.6 Å². The van der Waals surface area contributed by atoms with Crippen LogP contribution in [0.3, 0.4) is 0 Å². The van der Waals surface area contributed by atoms with Gasteiger partial charge in [-0.25, -0.2) is 9.50 Å². The number of carbonyl (C=O) groups excluding carboxylic acids is 1. The quantitative estimate of drug-likeness (QED) is 0.245. The molecule has 5 nitrogen and oxygen atoms in total. The van der Waals surface area contributed by atoms with Crippen LogP contribution in [-0.4, -0.2) is 32.7 Å². The zero-order valence-electron chi connectivity index (χ0n) is 16.3. The molecule has 0 aliphatic carbocycles. The van der Waals surface area contributed by atoms with Crippen LogP contribution in [0.5, 0.6) is 5.75 Å². The van der Waals surface area contributed by atoms with E-state index in [0.29, 0.717) is 23.7 Å². The Balaban J connectivity index is 1.62. The normalized spacial score (nSPS) is 11.0. The molecule has 0 amide bonds. The smallest absolute Gasteiger partial charge is 0.176 e. The van der Waals surface area contributed by atoms with Crippen LogP contribution >= 0.6 is 11.8 Å². The largest absolute Gasteiger partial charge is 0.493 e. The predicted octanol–water partition coefficient (Wildman–Crippen LogP) is 5.08. The summed E-state index contributed by atoms with van der Waals surface area (Å²) in [5, 5.41) is 5.42. The number of para-hydroxylation sites is 1. The fourth-order valence-corrected chi connectivity index (χ4v) is 4.11. The fourth-order valence-electron chi connectivity index (χ4n) is 3.17. The summed E-state index contributed by atoms with van der Waals surface area (Å²) in [6.07, 6.45) is 1.83. The Kier molecular flexibility index (Phi) is 5.62. The molecular formula is C23H21N3O2S. The molecule has 0 aliphatic rings. The molecule has 2 heterocycles. The van der Waals surface area contributed by atoms with Crippen molar-refractivity contribution in [3.63, 3.8) is 0 Å². The number of hydrogen-bond donors (Lipinski definition) is 0.